The van der Waals surface area contributed by atoms with Crippen LogP contribution in [0.25, 0.3) is 0 Å². The summed E-state index contributed by atoms with van der Waals surface area (Å²) in [6.45, 7) is 5.32. The third-order valence-corrected chi connectivity index (χ3v) is 9.02. The van der Waals surface area contributed by atoms with E-state index in [1.807, 2.05) is 0 Å². The molecule has 0 amide bonds. The average molecular weight is 472 g/mol. The van der Waals surface area contributed by atoms with Crippen LogP contribution in [0.3, 0.4) is 0 Å². The quantitative estimate of drug-likeness (QED) is 0.268. The van der Waals surface area contributed by atoms with Crippen LogP contribution in [0.4, 0.5) is 22.7 Å². The molecule has 4 aliphatic rings. The second-order valence-electron chi connectivity index (χ2n) is 10.8. The van der Waals surface area contributed by atoms with Crippen molar-refractivity contribution >= 4 is 22.7 Å². The lowest BCUT2D eigenvalue weighted by molar-refractivity contribution is 0.347. The molecule has 36 heavy (non-hydrogen) atoms. The number of nitrogens with zero attached hydrogens (tertiary/aromatic N) is 4. The van der Waals surface area contributed by atoms with Gasteiger partial charge in [0, 0.05) is 31.3 Å². The van der Waals surface area contributed by atoms with Crippen molar-refractivity contribution in [2.24, 2.45) is 0 Å². The van der Waals surface area contributed by atoms with E-state index in [0.717, 1.165) is 37.2 Å². The molecule has 4 heterocycles. The molecular weight excluding hydrogens is 440 g/mol. The van der Waals surface area contributed by atoms with Gasteiger partial charge in [-0.2, -0.15) is 0 Å². The molecule has 0 aliphatic carbocycles. The zero-order chi connectivity index (χ0) is 23.7. The van der Waals surface area contributed by atoms with E-state index in [1.165, 1.54) is 40.3 Å². The molecule has 2 fully saturated rings. The lowest BCUT2D eigenvalue weighted by atomic mass is 10.1. The molecule has 8 rings (SSSR count). The first kappa shape index (κ1) is 20.4. The number of hydrogen-bond acceptors (Lipinski definition) is 3. The summed E-state index contributed by atoms with van der Waals surface area (Å²) in [5.41, 5.74) is 8.52. The first-order valence-electron chi connectivity index (χ1n) is 13.3. The lowest BCUT2D eigenvalue weighted by Gasteiger charge is -2.38. The van der Waals surface area contributed by atoms with Gasteiger partial charge in [0.1, 0.15) is 12.2 Å². The van der Waals surface area contributed by atoms with Crippen LogP contribution in [0.5, 0.6) is 0 Å². The number of rotatable bonds is 4. The number of hydrogen-bond donors (Lipinski definition) is 0. The van der Waals surface area contributed by atoms with Crippen LogP contribution < -0.4 is 19.2 Å². The van der Waals surface area contributed by atoms with E-state index in [-0.39, 0.29) is 11.8 Å². The van der Waals surface area contributed by atoms with Crippen molar-refractivity contribution in [3.05, 3.63) is 120 Å². The molecule has 0 bridgehead atoms. The van der Waals surface area contributed by atoms with E-state index >= 15 is 0 Å². The van der Waals surface area contributed by atoms with E-state index in [4.69, 9.17) is 0 Å². The van der Waals surface area contributed by atoms with Crippen LogP contribution in [0.2, 0.25) is 0 Å². The number of quaternary nitrogens is 1. The van der Waals surface area contributed by atoms with E-state index in [1.54, 1.807) is 0 Å². The van der Waals surface area contributed by atoms with Crippen LogP contribution in [0.1, 0.15) is 17.5 Å². The van der Waals surface area contributed by atoms with Gasteiger partial charge >= 0.3 is 0 Å². The highest BCUT2D eigenvalue weighted by atomic mass is 15.7. The highest BCUT2D eigenvalue weighted by Gasteiger charge is 2.85. The van der Waals surface area contributed by atoms with Crippen LogP contribution in [-0.4, -0.2) is 31.5 Å². The maximum atomic E-state index is 2.81. The molecule has 0 saturated carbocycles. The van der Waals surface area contributed by atoms with Crippen LogP contribution in [-0.2, 0) is 13.1 Å². The Hall–Kier alpha value is -3.76. The summed E-state index contributed by atoms with van der Waals surface area (Å²) in [5, 5.41) is 0. The minimum Gasteiger partial charge on any atom is -0.342 e. The molecule has 2 saturated heterocycles. The van der Waals surface area contributed by atoms with E-state index in [9.17, 15) is 0 Å². The molecule has 0 aromatic heterocycles. The standard InChI is InChI=1S/C32H31N4/c1-3-12-25(13-4-1)22-34-28-17-8-7-16-27(28)33-20-11-21-35-29-18-9-10-19-30(29)36(24-32(35,36)31(33)34)23-26-14-5-2-6-15-26/h1-10,12-19,31H,11,20-24H2/q+1/t31-,32?,36?/m1/s1. The van der Waals surface area contributed by atoms with Crippen LogP contribution >= 0.6 is 0 Å². The van der Waals surface area contributed by atoms with Crippen molar-refractivity contribution in [1.82, 2.24) is 4.48 Å². The van der Waals surface area contributed by atoms with Gasteiger partial charge in [-0.25, -0.2) is 4.48 Å². The molecular formula is C32H31N4+. The van der Waals surface area contributed by atoms with Gasteiger partial charge in [0.2, 0.25) is 0 Å². The second-order valence-corrected chi connectivity index (χ2v) is 10.8. The molecule has 4 aromatic carbocycles. The maximum Gasteiger partial charge on any atom is 0.270 e. The van der Waals surface area contributed by atoms with Crippen LogP contribution in [0.15, 0.2) is 109 Å². The first-order valence-corrected chi connectivity index (χ1v) is 13.3. The Balaban J connectivity index is 1.32. The van der Waals surface area contributed by atoms with Gasteiger partial charge in [0.05, 0.1) is 11.4 Å². The summed E-state index contributed by atoms with van der Waals surface area (Å²) in [7, 11) is 0. The fourth-order valence-electron chi connectivity index (χ4n) is 7.64. The van der Waals surface area contributed by atoms with Crippen molar-refractivity contribution in [2.45, 2.75) is 31.3 Å². The van der Waals surface area contributed by atoms with Gasteiger partial charge in [-0.3, -0.25) is 0 Å². The minimum atomic E-state index is 0.00380. The highest BCUT2D eigenvalue weighted by molar-refractivity contribution is 5.87. The number of fused-ring (bicyclic) bond motifs is 6. The summed E-state index contributed by atoms with van der Waals surface area (Å²) >= 11 is 0. The minimum absolute atomic E-state index is 0.00380. The Bertz CT molecular complexity index is 1440. The topological polar surface area (TPSA) is 9.72 Å². The molecule has 178 valence electrons. The van der Waals surface area contributed by atoms with E-state index in [0.29, 0.717) is 0 Å². The van der Waals surface area contributed by atoms with Crippen molar-refractivity contribution in [1.29, 1.82) is 0 Å². The van der Waals surface area contributed by atoms with Gasteiger partial charge in [-0.15, -0.1) is 0 Å². The zero-order valence-electron chi connectivity index (χ0n) is 20.5. The fraction of sp³-hybridized carbons (Fsp3) is 0.250. The third kappa shape index (κ3) is 2.57. The Labute approximate surface area is 213 Å². The molecule has 4 aliphatic heterocycles. The van der Waals surface area contributed by atoms with Crippen LogP contribution in [0, 0.1) is 0 Å². The van der Waals surface area contributed by atoms with E-state index in [2.05, 4.69) is 124 Å². The Morgan fingerprint density at radius 3 is 2.08 bits per heavy atom. The summed E-state index contributed by atoms with van der Waals surface area (Å²) < 4.78 is 1.02. The third-order valence-electron chi connectivity index (χ3n) is 9.02. The number of anilines is 3. The SMILES string of the molecule is c1ccc(CN2c3ccccc3N3CCCN4c5ccccc5[N+]5(Cc6ccccc6)CC45[C@H]32)cc1. The van der Waals surface area contributed by atoms with Crippen molar-refractivity contribution in [3.8, 4) is 0 Å². The van der Waals surface area contributed by atoms with Crippen molar-refractivity contribution < 1.29 is 0 Å². The highest BCUT2D eigenvalue weighted by Crippen LogP contribution is 2.66. The van der Waals surface area contributed by atoms with Gasteiger partial charge in [0.15, 0.2) is 18.4 Å². The summed E-state index contributed by atoms with van der Waals surface area (Å²) in [4.78, 5) is 8.27. The first-order chi connectivity index (χ1) is 17.8. The van der Waals surface area contributed by atoms with Gasteiger partial charge in [0.25, 0.3) is 5.66 Å². The van der Waals surface area contributed by atoms with Crippen molar-refractivity contribution in [2.75, 3.05) is 34.3 Å². The maximum absolute atomic E-state index is 2.81. The molecule has 4 nitrogen and oxygen atoms in total. The molecule has 3 atom stereocenters. The molecule has 2 unspecified atom stereocenters. The van der Waals surface area contributed by atoms with Crippen molar-refractivity contribution in [3.63, 3.8) is 0 Å². The predicted molar refractivity (Wildman–Crippen MR) is 148 cm³/mol. The van der Waals surface area contributed by atoms with Gasteiger partial charge in [-0.05, 0) is 30.2 Å². The number of benzene rings is 4. The normalized spacial score (nSPS) is 27.0. The molecule has 1 spiro atoms. The zero-order valence-corrected chi connectivity index (χ0v) is 20.5. The Kier molecular flexibility index (Phi) is 4.19. The Morgan fingerprint density at radius 2 is 1.31 bits per heavy atom. The van der Waals surface area contributed by atoms with Gasteiger partial charge in [-0.1, -0.05) is 84.9 Å². The summed E-state index contributed by atoms with van der Waals surface area (Å²) in [5.74, 6) is 0. The largest absolute Gasteiger partial charge is 0.342 e. The number of para-hydroxylation sites is 4. The molecule has 4 aromatic rings. The molecule has 4 heteroatoms. The smallest absolute Gasteiger partial charge is 0.270 e. The fourth-order valence-corrected chi connectivity index (χ4v) is 7.64. The lowest BCUT2D eigenvalue weighted by Crippen LogP contribution is -2.61. The monoisotopic (exact) mass is 471 g/mol. The van der Waals surface area contributed by atoms with E-state index < -0.39 is 0 Å². The summed E-state index contributed by atoms with van der Waals surface area (Å²) in [6, 6.07) is 40.5. The Morgan fingerprint density at radius 1 is 0.667 bits per heavy atom. The molecule has 0 radical (unpaired) electrons. The second kappa shape index (κ2) is 7.37. The predicted octanol–water partition coefficient (Wildman–Crippen LogP) is 5.98. The average Bonchev–Trinajstić information content (AvgIpc) is 3.47. The molecule has 0 N–H and O–H groups in total. The summed E-state index contributed by atoms with van der Waals surface area (Å²) in [6.07, 6.45) is 1.46. The van der Waals surface area contributed by atoms with Gasteiger partial charge < -0.3 is 14.7 Å².